The average Bonchev–Trinajstić information content (AvgIpc) is 3.09. The lowest BCUT2D eigenvalue weighted by molar-refractivity contribution is -0.143. The van der Waals surface area contributed by atoms with Gasteiger partial charge in [-0.05, 0) is 28.3 Å². The molecule has 4 rings (SSSR count). The van der Waals surface area contributed by atoms with Crippen LogP contribution in [0.3, 0.4) is 0 Å². The van der Waals surface area contributed by atoms with E-state index in [0.717, 1.165) is 36.1 Å². The van der Waals surface area contributed by atoms with E-state index < -0.39 is 14.4 Å². The highest BCUT2D eigenvalue weighted by Gasteiger charge is 2.53. The van der Waals surface area contributed by atoms with Crippen molar-refractivity contribution in [3.63, 3.8) is 0 Å². The largest absolute Gasteiger partial charge is 0.405 e. The highest BCUT2D eigenvalue weighted by Crippen LogP contribution is 2.40. The first-order chi connectivity index (χ1) is 16.3. The van der Waals surface area contributed by atoms with Crippen molar-refractivity contribution in [2.75, 3.05) is 6.61 Å². The summed E-state index contributed by atoms with van der Waals surface area (Å²) in [5.74, 6) is -0.674. The Balaban J connectivity index is 1.72. The number of hydrogen-bond donors (Lipinski definition) is 0. The third-order valence-corrected chi connectivity index (χ3v) is 12.5. The van der Waals surface area contributed by atoms with E-state index in [1.54, 1.807) is 0 Å². The number of carbonyl (C=O) groups excluding carboxylic acids is 2. The van der Waals surface area contributed by atoms with Crippen LogP contribution < -0.4 is 10.4 Å². The summed E-state index contributed by atoms with van der Waals surface area (Å²) in [6, 6.07) is 22.2. The average molecular weight is 475 g/mol. The van der Waals surface area contributed by atoms with E-state index in [4.69, 9.17) is 4.43 Å². The predicted octanol–water partition coefficient (Wildman–Crippen LogP) is 4.02. The number of likely N-dealkylation sites (tertiary alicyclic amines) is 1. The highest BCUT2D eigenvalue weighted by atomic mass is 28.4. The maximum Gasteiger partial charge on any atom is 0.261 e. The zero-order valence-corrected chi connectivity index (χ0v) is 21.4. The van der Waals surface area contributed by atoms with Crippen molar-refractivity contribution in [1.82, 2.24) is 4.90 Å². The quantitative estimate of drug-likeness (QED) is 0.449. The summed E-state index contributed by atoms with van der Waals surface area (Å²) >= 11 is 0. The van der Waals surface area contributed by atoms with Crippen molar-refractivity contribution in [2.45, 2.75) is 64.0 Å². The van der Waals surface area contributed by atoms with Gasteiger partial charge in [-0.25, -0.2) is 0 Å². The van der Waals surface area contributed by atoms with Crippen molar-refractivity contribution in [1.29, 1.82) is 5.26 Å². The van der Waals surface area contributed by atoms with Gasteiger partial charge >= 0.3 is 0 Å². The van der Waals surface area contributed by atoms with Crippen LogP contribution in [0, 0.1) is 23.2 Å². The second-order valence-corrected chi connectivity index (χ2v) is 14.8. The Hall–Kier alpha value is -2.75. The van der Waals surface area contributed by atoms with Crippen LogP contribution >= 0.6 is 0 Å². The molecule has 1 saturated heterocycles. The number of hydrogen-bond acceptors (Lipinski definition) is 4. The summed E-state index contributed by atoms with van der Waals surface area (Å²) in [7, 11) is -2.83. The molecular weight excluding hydrogens is 440 g/mol. The lowest BCUT2D eigenvalue weighted by atomic mass is 9.81. The van der Waals surface area contributed by atoms with Gasteiger partial charge in [0.1, 0.15) is 0 Å². The molecule has 1 heterocycles. The number of nitriles is 1. The molecule has 1 saturated carbocycles. The van der Waals surface area contributed by atoms with Crippen molar-refractivity contribution >= 4 is 30.5 Å². The number of rotatable bonds is 7. The van der Waals surface area contributed by atoms with E-state index in [2.05, 4.69) is 51.1 Å². The Morgan fingerprint density at radius 2 is 1.41 bits per heavy atom. The Bertz CT molecular complexity index is 995. The molecule has 34 heavy (non-hydrogen) atoms. The predicted molar refractivity (Wildman–Crippen MR) is 135 cm³/mol. The highest BCUT2D eigenvalue weighted by molar-refractivity contribution is 6.99. The minimum absolute atomic E-state index is 0.0785. The van der Waals surface area contributed by atoms with Gasteiger partial charge in [-0.15, -0.1) is 0 Å². The number of nitrogens with zero attached hydrogens (tertiary/aromatic N) is 2. The van der Waals surface area contributed by atoms with E-state index in [0.29, 0.717) is 0 Å². The first kappa shape index (κ1) is 24.4. The molecule has 3 atom stereocenters. The summed E-state index contributed by atoms with van der Waals surface area (Å²) < 4.78 is 6.99. The van der Waals surface area contributed by atoms with E-state index in [1.165, 1.54) is 4.90 Å². The molecule has 0 unspecified atom stereocenters. The number of carbonyl (C=O) groups is 2. The molecule has 0 radical (unpaired) electrons. The minimum atomic E-state index is -2.83. The van der Waals surface area contributed by atoms with Crippen LogP contribution in [0.2, 0.25) is 5.04 Å². The Labute approximate surface area is 203 Å². The lowest BCUT2D eigenvalue weighted by Gasteiger charge is -2.44. The molecule has 0 aromatic heterocycles. The fourth-order valence-electron chi connectivity index (χ4n) is 5.86. The molecular formula is C28H34N2O3Si. The molecule has 2 aromatic carbocycles. The molecule has 6 heteroatoms. The van der Waals surface area contributed by atoms with Crippen molar-refractivity contribution in [3.05, 3.63) is 60.7 Å². The zero-order valence-electron chi connectivity index (χ0n) is 20.4. The van der Waals surface area contributed by atoms with Gasteiger partial charge in [-0.2, -0.15) is 5.26 Å². The van der Waals surface area contributed by atoms with Crippen molar-refractivity contribution in [2.24, 2.45) is 11.8 Å². The second kappa shape index (κ2) is 9.85. The van der Waals surface area contributed by atoms with Crippen LogP contribution in [0.1, 0.15) is 52.9 Å². The van der Waals surface area contributed by atoms with Crippen molar-refractivity contribution < 1.29 is 14.0 Å². The molecule has 2 aromatic rings. The van der Waals surface area contributed by atoms with Gasteiger partial charge in [0.2, 0.25) is 11.8 Å². The topological polar surface area (TPSA) is 70.4 Å². The van der Waals surface area contributed by atoms with Gasteiger partial charge < -0.3 is 4.43 Å². The molecule has 2 amide bonds. The molecule has 0 spiro atoms. The molecule has 2 aliphatic rings. The first-order valence-corrected chi connectivity index (χ1v) is 14.2. The van der Waals surface area contributed by atoms with Crippen LogP contribution in [0.5, 0.6) is 0 Å². The molecule has 1 aliphatic carbocycles. The lowest BCUT2D eigenvalue weighted by Crippen LogP contribution is -2.67. The maximum absolute atomic E-state index is 13.3. The number of amides is 2. The van der Waals surface area contributed by atoms with Crippen LogP contribution in [0.4, 0.5) is 0 Å². The zero-order chi connectivity index (χ0) is 24.3. The Morgan fingerprint density at radius 1 is 0.941 bits per heavy atom. The second-order valence-electron chi connectivity index (χ2n) is 10.5. The summed E-state index contributed by atoms with van der Waals surface area (Å²) in [5, 5.41) is 11.7. The number of fused-ring (bicyclic) bond motifs is 1. The van der Waals surface area contributed by atoms with E-state index in [-0.39, 0.29) is 41.7 Å². The first-order valence-electron chi connectivity index (χ1n) is 12.3. The van der Waals surface area contributed by atoms with E-state index in [9.17, 15) is 14.9 Å². The van der Waals surface area contributed by atoms with Gasteiger partial charge in [0.05, 0.1) is 37.0 Å². The van der Waals surface area contributed by atoms with Gasteiger partial charge in [-0.3, -0.25) is 14.5 Å². The van der Waals surface area contributed by atoms with Crippen LogP contribution in [0.25, 0.3) is 0 Å². The number of benzene rings is 2. The molecule has 1 aliphatic heterocycles. The summed E-state index contributed by atoms with van der Waals surface area (Å²) in [5.41, 5.74) is 0. The standard InChI is InChI=1S/C28H34N2O3Si/c1-28(2,3)34(22-12-6-4-7-13-22,23-14-8-5-9-15-23)33-20-21(18-19-29)30-26(31)24-16-10-11-17-25(24)27(30)32/h4-9,12-15,21,24-25H,10-11,16-18,20H2,1-3H3/t21-,24-,25+/m1/s1. The summed E-state index contributed by atoms with van der Waals surface area (Å²) in [6.07, 6.45) is 3.57. The van der Waals surface area contributed by atoms with E-state index >= 15 is 0 Å². The van der Waals surface area contributed by atoms with Gasteiger partial charge in [0, 0.05) is 0 Å². The van der Waals surface area contributed by atoms with Gasteiger partial charge in [0.15, 0.2) is 0 Å². The SMILES string of the molecule is CC(C)(C)[Si](OC[C@@H](CC#N)N1C(=O)[C@H]2CCCC[C@H]2C1=O)(c1ccccc1)c1ccccc1. The molecule has 0 bridgehead atoms. The van der Waals surface area contributed by atoms with Crippen LogP contribution in [-0.2, 0) is 14.0 Å². The molecule has 5 nitrogen and oxygen atoms in total. The van der Waals surface area contributed by atoms with E-state index in [1.807, 2.05) is 36.4 Å². The van der Waals surface area contributed by atoms with Gasteiger partial charge in [-0.1, -0.05) is 94.3 Å². The number of imide groups is 1. The van der Waals surface area contributed by atoms with Crippen LogP contribution in [0.15, 0.2) is 60.7 Å². The Morgan fingerprint density at radius 3 is 1.82 bits per heavy atom. The maximum atomic E-state index is 13.3. The Kier molecular flexibility index (Phi) is 7.06. The monoisotopic (exact) mass is 474 g/mol. The van der Waals surface area contributed by atoms with Crippen LogP contribution in [-0.4, -0.2) is 37.7 Å². The van der Waals surface area contributed by atoms with Gasteiger partial charge in [0.25, 0.3) is 8.32 Å². The van der Waals surface area contributed by atoms with Crippen molar-refractivity contribution in [3.8, 4) is 6.07 Å². The fourth-order valence-corrected chi connectivity index (χ4v) is 10.5. The molecule has 178 valence electrons. The fraction of sp³-hybridized carbons (Fsp3) is 0.464. The molecule has 2 fully saturated rings. The minimum Gasteiger partial charge on any atom is -0.405 e. The normalized spacial score (nSPS) is 21.8. The molecule has 0 N–H and O–H groups in total. The smallest absolute Gasteiger partial charge is 0.261 e. The summed E-state index contributed by atoms with van der Waals surface area (Å²) in [4.78, 5) is 27.9. The third kappa shape index (κ3) is 4.23. The summed E-state index contributed by atoms with van der Waals surface area (Å²) in [6.45, 7) is 6.75. The third-order valence-electron chi connectivity index (χ3n) is 7.48.